The minimum absolute atomic E-state index is 0.0192. The van der Waals surface area contributed by atoms with Crippen LogP contribution in [-0.4, -0.2) is 38.5 Å². The van der Waals surface area contributed by atoms with Crippen molar-refractivity contribution in [3.05, 3.63) is 41.7 Å². The second kappa shape index (κ2) is 6.60. The van der Waals surface area contributed by atoms with Gasteiger partial charge in [0.05, 0.1) is 6.20 Å². The summed E-state index contributed by atoms with van der Waals surface area (Å²) in [6, 6.07) is 7.93. The largest absolute Gasteiger partial charge is 0.476 e. The number of aryl methyl sites for hydroxylation is 1. The van der Waals surface area contributed by atoms with Gasteiger partial charge in [0.15, 0.2) is 5.69 Å². The zero-order chi connectivity index (χ0) is 16.2. The number of carboxylic acid groups (broad SMARTS) is 1. The molecular formula is C16H18N4O3. The van der Waals surface area contributed by atoms with E-state index in [-0.39, 0.29) is 18.1 Å². The summed E-state index contributed by atoms with van der Waals surface area (Å²) in [5, 5.41) is 16.1. The monoisotopic (exact) mass is 314 g/mol. The van der Waals surface area contributed by atoms with Crippen LogP contribution in [0.3, 0.4) is 0 Å². The van der Waals surface area contributed by atoms with Crippen molar-refractivity contribution in [2.45, 2.75) is 32.2 Å². The lowest BCUT2D eigenvalue weighted by Gasteiger charge is -2.27. The number of para-hydroxylation sites is 1. The first-order chi connectivity index (χ1) is 11.1. The van der Waals surface area contributed by atoms with Crippen molar-refractivity contribution < 1.29 is 14.7 Å². The molecule has 23 heavy (non-hydrogen) atoms. The van der Waals surface area contributed by atoms with Crippen LogP contribution in [0.5, 0.6) is 0 Å². The molecule has 0 unspecified atom stereocenters. The summed E-state index contributed by atoms with van der Waals surface area (Å²) in [4.78, 5) is 25.3. The Kier molecular flexibility index (Phi) is 4.36. The second-order valence-corrected chi connectivity index (χ2v) is 5.59. The number of hydrogen-bond donors (Lipinski definition) is 1. The highest BCUT2D eigenvalue weighted by atomic mass is 16.4. The van der Waals surface area contributed by atoms with E-state index in [2.05, 4.69) is 16.4 Å². The number of hydrogen-bond acceptors (Lipinski definition) is 4. The van der Waals surface area contributed by atoms with Crippen LogP contribution in [0.25, 0.3) is 0 Å². The molecule has 1 aromatic heterocycles. The van der Waals surface area contributed by atoms with Crippen molar-refractivity contribution in [3.8, 4) is 0 Å². The third-order valence-electron chi connectivity index (χ3n) is 3.97. The number of aromatic carboxylic acids is 1. The predicted molar refractivity (Wildman–Crippen MR) is 83.3 cm³/mol. The highest BCUT2D eigenvalue weighted by molar-refractivity contribution is 5.94. The summed E-state index contributed by atoms with van der Waals surface area (Å²) in [6.07, 6.45) is 5.41. The number of rotatable bonds is 3. The molecule has 0 spiro atoms. The van der Waals surface area contributed by atoms with Crippen LogP contribution in [0.1, 0.15) is 35.3 Å². The van der Waals surface area contributed by atoms with Gasteiger partial charge in [0, 0.05) is 12.2 Å². The van der Waals surface area contributed by atoms with E-state index in [9.17, 15) is 9.59 Å². The van der Waals surface area contributed by atoms with E-state index in [1.165, 1.54) is 16.4 Å². The van der Waals surface area contributed by atoms with E-state index in [1.807, 2.05) is 18.2 Å². The number of fused-ring (bicyclic) bond motifs is 1. The molecule has 0 atom stereocenters. The third-order valence-corrected chi connectivity index (χ3v) is 3.97. The van der Waals surface area contributed by atoms with Crippen LogP contribution in [-0.2, 0) is 17.8 Å². The van der Waals surface area contributed by atoms with Crippen molar-refractivity contribution >= 4 is 17.6 Å². The maximum Gasteiger partial charge on any atom is 0.358 e. The van der Waals surface area contributed by atoms with Gasteiger partial charge in [0.1, 0.15) is 6.54 Å². The summed E-state index contributed by atoms with van der Waals surface area (Å²) in [7, 11) is 0. The Labute approximate surface area is 133 Å². The Morgan fingerprint density at radius 3 is 2.78 bits per heavy atom. The van der Waals surface area contributed by atoms with E-state index in [0.29, 0.717) is 6.54 Å². The average Bonchev–Trinajstić information content (AvgIpc) is 2.97. The topological polar surface area (TPSA) is 88.3 Å². The highest BCUT2D eigenvalue weighted by Gasteiger charge is 2.21. The third kappa shape index (κ3) is 3.39. The summed E-state index contributed by atoms with van der Waals surface area (Å²) in [6.45, 7) is 0.644. The van der Waals surface area contributed by atoms with Crippen LogP contribution in [0.4, 0.5) is 5.69 Å². The van der Waals surface area contributed by atoms with Crippen LogP contribution >= 0.6 is 0 Å². The quantitative estimate of drug-likeness (QED) is 0.932. The molecule has 0 bridgehead atoms. The van der Waals surface area contributed by atoms with E-state index >= 15 is 0 Å². The first-order valence-corrected chi connectivity index (χ1v) is 7.67. The predicted octanol–water partition coefficient (Wildman–Crippen LogP) is 1.74. The summed E-state index contributed by atoms with van der Waals surface area (Å²) in [5.41, 5.74) is 1.95. The Hall–Kier alpha value is -2.70. The summed E-state index contributed by atoms with van der Waals surface area (Å²) >= 11 is 0. The number of carbonyl (C=O) groups excluding carboxylic acids is 1. The Bertz CT molecular complexity index is 726. The maximum atomic E-state index is 12.7. The zero-order valence-corrected chi connectivity index (χ0v) is 12.7. The van der Waals surface area contributed by atoms with Crippen molar-refractivity contribution in [1.82, 2.24) is 15.0 Å². The fraction of sp³-hybridized carbons (Fsp3) is 0.375. The Morgan fingerprint density at radius 1 is 1.17 bits per heavy atom. The second-order valence-electron chi connectivity index (χ2n) is 5.59. The molecule has 120 valence electrons. The summed E-state index contributed by atoms with van der Waals surface area (Å²) < 4.78 is 1.27. The van der Waals surface area contributed by atoms with Gasteiger partial charge < -0.3 is 10.0 Å². The van der Waals surface area contributed by atoms with Crippen LogP contribution in [0.2, 0.25) is 0 Å². The number of amides is 1. The van der Waals surface area contributed by atoms with E-state index in [1.54, 1.807) is 4.90 Å². The average molecular weight is 314 g/mol. The number of nitrogens with zero attached hydrogens (tertiary/aromatic N) is 4. The molecule has 2 heterocycles. The Balaban J connectivity index is 1.81. The first-order valence-electron chi connectivity index (χ1n) is 7.67. The van der Waals surface area contributed by atoms with Crippen LogP contribution < -0.4 is 4.90 Å². The molecule has 0 fully saturated rings. The SMILES string of the molecule is O=C(O)c1cn(CC(=O)N2CCCCCc3ccccc32)nn1. The van der Waals surface area contributed by atoms with Crippen molar-refractivity contribution in [2.24, 2.45) is 0 Å². The number of benzene rings is 1. The van der Waals surface area contributed by atoms with Gasteiger partial charge in [0.25, 0.3) is 0 Å². The minimum atomic E-state index is -1.15. The number of carbonyl (C=O) groups is 2. The normalized spacial score (nSPS) is 14.7. The molecule has 0 saturated carbocycles. The highest BCUT2D eigenvalue weighted by Crippen LogP contribution is 2.25. The molecule has 2 aromatic rings. The van der Waals surface area contributed by atoms with Gasteiger partial charge in [-0.2, -0.15) is 0 Å². The summed E-state index contributed by atoms with van der Waals surface area (Å²) in [5.74, 6) is -1.26. The standard InChI is InChI=1S/C16H18N4O3/c21-15(11-19-10-13(16(22)23)17-18-19)20-9-5-1-2-6-12-7-3-4-8-14(12)20/h3-4,7-8,10H,1-2,5-6,9,11H2,(H,22,23). The molecule has 3 rings (SSSR count). The van der Waals surface area contributed by atoms with Crippen LogP contribution in [0, 0.1) is 0 Å². The zero-order valence-electron chi connectivity index (χ0n) is 12.7. The molecule has 0 radical (unpaired) electrons. The number of carboxylic acids is 1. The lowest BCUT2D eigenvalue weighted by molar-refractivity contribution is -0.119. The van der Waals surface area contributed by atoms with E-state index < -0.39 is 5.97 Å². The fourth-order valence-electron chi connectivity index (χ4n) is 2.82. The number of anilines is 1. The smallest absolute Gasteiger partial charge is 0.358 e. The fourth-order valence-corrected chi connectivity index (χ4v) is 2.82. The number of aromatic nitrogens is 3. The molecule has 7 nitrogen and oxygen atoms in total. The van der Waals surface area contributed by atoms with Gasteiger partial charge >= 0.3 is 5.97 Å². The van der Waals surface area contributed by atoms with Gasteiger partial charge in [-0.15, -0.1) is 5.10 Å². The molecule has 1 aromatic carbocycles. The molecule has 7 heteroatoms. The molecule has 0 saturated heterocycles. The molecule has 1 aliphatic rings. The van der Waals surface area contributed by atoms with Gasteiger partial charge in [0.2, 0.25) is 5.91 Å². The van der Waals surface area contributed by atoms with Crippen molar-refractivity contribution in [3.63, 3.8) is 0 Å². The van der Waals surface area contributed by atoms with Crippen LogP contribution in [0.15, 0.2) is 30.5 Å². The Morgan fingerprint density at radius 2 is 2.00 bits per heavy atom. The minimum Gasteiger partial charge on any atom is -0.476 e. The molecule has 0 aliphatic carbocycles. The lowest BCUT2D eigenvalue weighted by Crippen LogP contribution is -2.36. The lowest BCUT2D eigenvalue weighted by atomic mass is 10.0. The van der Waals surface area contributed by atoms with Gasteiger partial charge in [-0.25, -0.2) is 9.48 Å². The molecule has 1 aliphatic heterocycles. The van der Waals surface area contributed by atoms with Crippen molar-refractivity contribution in [2.75, 3.05) is 11.4 Å². The van der Waals surface area contributed by atoms with Crippen molar-refractivity contribution in [1.29, 1.82) is 0 Å². The van der Waals surface area contributed by atoms with Gasteiger partial charge in [-0.05, 0) is 30.9 Å². The first kappa shape index (κ1) is 15.2. The maximum absolute atomic E-state index is 12.7. The van der Waals surface area contributed by atoms with E-state index in [0.717, 1.165) is 31.4 Å². The van der Waals surface area contributed by atoms with Gasteiger partial charge in [-0.3, -0.25) is 4.79 Å². The molecule has 1 N–H and O–H groups in total. The van der Waals surface area contributed by atoms with E-state index in [4.69, 9.17) is 5.11 Å². The molecular weight excluding hydrogens is 296 g/mol. The van der Waals surface area contributed by atoms with Gasteiger partial charge in [-0.1, -0.05) is 29.8 Å². The molecule has 1 amide bonds.